The molecule has 0 saturated heterocycles. The van der Waals surface area contributed by atoms with E-state index in [-0.39, 0.29) is 6.04 Å². The van der Waals surface area contributed by atoms with Crippen molar-refractivity contribution in [1.82, 2.24) is 9.97 Å². The van der Waals surface area contributed by atoms with Crippen molar-refractivity contribution in [3.05, 3.63) is 30.2 Å². The summed E-state index contributed by atoms with van der Waals surface area (Å²) in [5, 5.41) is 3.24. The van der Waals surface area contributed by atoms with Crippen molar-refractivity contribution in [3.8, 4) is 0 Å². The standard InChI is InChI=1S/C11H17N3/c1-5-8(3)12-11-7-10(6-2)13-9(4)14-11/h5,7-8H,1,6H2,2-4H3,(H,12,13,14). The second-order valence-corrected chi connectivity index (χ2v) is 3.31. The van der Waals surface area contributed by atoms with Crippen molar-refractivity contribution in [2.75, 3.05) is 5.32 Å². The van der Waals surface area contributed by atoms with Crippen LogP contribution < -0.4 is 5.32 Å². The van der Waals surface area contributed by atoms with Crippen LogP contribution in [0.15, 0.2) is 18.7 Å². The first-order valence-corrected chi connectivity index (χ1v) is 4.89. The van der Waals surface area contributed by atoms with Crippen LogP contribution in [0.1, 0.15) is 25.4 Å². The van der Waals surface area contributed by atoms with Crippen LogP contribution in [0.4, 0.5) is 5.82 Å². The van der Waals surface area contributed by atoms with Gasteiger partial charge in [0.05, 0.1) is 0 Å². The van der Waals surface area contributed by atoms with Crippen molar-refractivity contribution >= 4 is 5.82 Å². The molecule has 1 atom stereocenters. The normalized spacial score (nSPS) is 12.2. The quantitative estimate of drug-likeness (QED) is 0.742. The largest absolute Gasteiger partial charge is 0.364 e. The highest BCUT2D eigenvalue weighted by molar-refractivity contribution is 5.37. The average molecular weight is 191 g/mol. The summed E-state index contributed by atoms with van der Waals surface area (Å²) in [7, 11) is 0. The van der Waals surface area contributed by atoms with Gasteiger partial charge in [-0.15, -0.1) is 6.58 Å². The summed E-state index contributed by atoms with van der Waals surface area (Å²) >= 11 is 0. The molecule has 1 aromatic heterocycles. The minimum Gasteiger partial charge on any atom is -0.364 e. The van der Waals surface area contributed by atoms with Gasteiger partial charge >= 0.3 is 0 Å². The first-order valence-electron chi connectivity index (χ1n) is 4.89. The van der Waals surface area contributed by atoms with Gasteiger partial charge in [-0.2, -0.15) is 0 Å². The molecular formula is C11H17N3. The Kier molecular flexibility index (Phi) is 3.63. The molecule has 0 fully saturated rings. The van der Waals surface area contributed by atoms with E-state index in [1.807, 2.05) is 26.0 Å². The number of aromatic nitrogens is 2. The maximum Gasteiger partial charge on any atom is 0.130 e. The van der Waals surface area contributed by atoms with Gasteiger partial charge < -0.3 is 5.32 Å². The second-order valence-electron chi connectivity index (χ2n) is 3.31. The summed E-state index contributed by atoms with van der Waals surface area (Å²) in [5.41, 5.74) is 1.07. The molecule has 3 nitrogen and oxygen atoms in total. The molecule has 0 aliphatic carbocycles. The van der Waals surface area contributed by atoms with Crippen molar-refractivity contribution in [3.63, 3.8) is 0 Å². The fourth-order valence-corrected chi connectivity index (χ4v) is 1.18. The zero-order valence-electron chi connectivity index (χ0n) is 9.04. The van der Waals surface area contributed by atoms with E-state index in [0.29, 0.717) is 0 Å². The van der Waals surface area contributed by atoms with Crippen LogP contribution in [0.2, 0.25) is 0 Å². The van der Waals surface area contributed by atoms with Crippen LogP contribution in [0.5, 0.6) is 0 Å². The van der Waals surface area contributed by atoms with Gasteiger partial charge in [-0.25, -0.2) is 9.97 Å². The molecule has 3 heteroatoms. The van der Waals surface area contributed by atoms with E-state index in [4.69, 9.17) is 0 Å². The van der Waals surface area contributed by atoms with Crippen LogP contribution in [0.3, 0.4) is 0 Å². The summed E-state index contributed by atoms with van der Waals surface area (Å²) < 4.78 is 0. The van der Waals surface area contributed by atoms with E-state index in [2.05, 4.69) is 28.8 Å². The van der Waals surface area contributed by atoms with Gasteiger partial charge in [-0.1, -0.05) is 13.0 Å². The molecule has 0 aliphatic heterocycles. The van der Waals surface area contributed by atoms with Crippen LogP contribution in [-0.4, -0.2) is 16.0 Å². The Balaban J connectivity index is 2.86. The van der Waals surface area contributed by atoms with Crippen LogP contribution >= 0.6 is 0 Å². The molecule has 1 heterocycles. The van der Waals surface area contributed by atoms with E-state index < -0.39 is 0 Å². The fourth-order valence-electron chi connectivity index (χ4n) is 1.18. The minimum absolute atomic E-state index is 0.231. The smallest absolute Gasteiger partial charge is 0.130 e. The Bertz CT molecular complexity index is 320. The van der Waals surface area contributed by atoms with Crippen LogP contribution in [0, 0.1) is 6.92 Å². The lowest BCUT2D eigenvalue weighted by molar-refractivity contribution is 0.920. The Hall–Kier alpha value is -1.38. The first kappa shape index (κ1) is 10.7. The van der Waals surface area contributed by atoms with Gasteiger partial charge in [0, 0.05) is 17.8 Å². The van der Waals surface area contributed by atoms with Crippen molar-refractivity contribution < 1.29 is 0 Å². The van der Waals surface area contributed by atoms with E-state index in [1.54, 1.807) is 0 Å². The van der Waals surface area contributed by atoms with Gasteiger partial charge in [0.25, 0.3) is 0 Å². The molecular weight excluding hydrogens is 174 g/mol. The van der Waals surface area contributed by atoms with E-state index in [9.17, 15) is 0 Å². The number of nitrogens with one attached hydrogen (secondary N) is 1. The van der Waals surface area contributed by atoms with Gasteiger partial charge in [0.15, 0.2) is 0 Å². The number of nitrogens with zero attached hydrogens (tertiary/aromatic N) is 2. The monoisotopic (exact) mass is 191 g/mol. The molecule has 0 aromatic carbocycles. The predicted octanol–water partition coefficient (Wildman–Crippen LogP) is 2.33. The van der Waals surface area contributed by atoms with Crippen molar-refractivity contribution in [1.29, 1.82) is 0 Å². The molecule has 0 saturated carbocycles. The third kappa shape index (κ3) is 2.83. The van der Waals surface area contributed by atoms with Crippen LogP contribution in [0.25, 0.3) is 0 Å². The fraction of sp³-hybridized carbons (Fsp3) is 0.455. The lowest BCUT2D eigenvalue weighted by atomic mass is 10.3. The average Bonchev–Trinajstić information content (AvgIpc) is 2.16. The highest BCUT2D eigenvalue weighted by Gasteiger charge is 2.01. The zero-order chi connectivity index (χ0) is 10.6. The Morgan fingerprint density at radius 1 is 1.57 bits per heavy atom. The molecule has 0 aliphatic rings. The van der Waals surface area contributed by atoms with E-state index in [0.717, 1.165) is 23.8 Å². The van der Waals surface area contributed by atoms with Gasteiger partial charge in [0.2, 0.25) is 0 Å². The summed E-state index contributed by atoms with van der Waals surface area (Å²) in [6.07, 6.45) is 2.78. The third-order valence-corrected chi connectivity index (χ3v) is 1.98. The Labute approximate surface area is 85.3 Å². The lowest BCUT2D eigenvalue weighted by Crippen LogP contribution is -2.13. The van der Waals surface area contributed by atoms with E-state index in [1.165, 1.54) is 0 Å². The second kappa shape index (κ2) is 4.74. The SMILES string of the molecule is C=CC(C)Nc1cc(CC)nc(C)n1. The van der Waals surface area contributed by atoms with Gasteiger partial charge in [-0.3, -0.25) is 0 Å². The topological polar surface area (TPSA) is 37.8 Å². The number of hydrogen-bond donors (Lipinski definition) is 1. The Morgan fingerprint density at radius 3 is 2.86 bits per heavy atom. The van der Waals surface area contributed by atoms with E-state index >= 15 is 0 Å². The highest BCUT2D eigenvalue weighted by atomic mass is 15.0. The highest BCUT2D eigenvalue weighted by Crippen LogP contribution is 2.08. The molecule has 14 heavy (non-hydrogen) atoms. The lowest BCUT2D eigenvalue weighted by Gasteiger charge is -2.11. The molecule has 76 valence electrons. The number of hydrogen-bond acceptors (Lipinski definition) is 3. The molecule has 1 aromatic rings. The predicted molar refractivity (Wildman–Crippen MR) is 59.4 cm³/mol. The molecule has 1 rings (SSSR count). The maximum atomic E-state index is 4.31. The minimum atomic E-state index is 0.231. The summed E-state index contributed by atoms with van der Waals surface area (Å²) in [5.74, 6) is 1.69. The van der Waals surface area contributed by atoms with Gasteiger partial charge in [-0.05, 0) is 20.3 Å². The number of aryl methyl sites for hydroxylation is 2. The number of rotatable bonds is 4. The Morgan fingerprint density at radius 2 is 2.29 bits per heavy atom. The van der Waals surface area contributed by atoms with Crippen molar-refractivity contribution in [2.24, 2.45) is 0 Å². The summed E-state index contributed by atoms with van der Waals surface area (Å²) in [6, 6.07) is 2.21. The first-order chi connectivity index (χ1) is 6.65. The summed E-state index contributed by atoms with van der Waals surface area (Å²) in [4.78, 5) is 8.61. The van der Waals surface area contributed by atoms with Crippen molar-refractivity contribution in [2.45, 2.75) is 33.2 Å². The maximum absolute atomic E-state index is 4.31. The zero-order valence-corrected chi connectivity index (χ0v) is 9.04. The molecule has 1 unspecified atom stereocenters. The number of anilines is 1. The molecule has 0 radical (unpaired) electrons. The third-order valence-electron chi connectivity index (χ3n) is 1.98. The molecule has 1 N–H and O–H groups in total. The molecule has 0 bridgehead atoms. The van der Waals surface area contributed by atoms with Gasteiger partial charge in [0.1, 0.15) is 11.6 Å². The van der Waals surface area contributed by atoms with Crippen LogP contribution in [-0.2, 0) is 6.42 Å². The molecule has 0 spiro atoms. The molecule has 0 amide bonds. The summed E-state index contributed by atoms with van der Waals surface area (Å²) in [6.45, 7) is 9.75.